The molecule has 0 unspecified atom stereocenters. The molecular formula is C104H106N6O20S2. The lowest BCUT2D eigenvalue weighted by Gasteiger charge is -2.11. The van der Waals surface area contributed by atoms with Crippen LogP contribution in [0.2, 0.25) is 0 Å². The van der Waals surface area contributed by atoms with Crippen LogP contribution in [0.25, 0.3) is 42.7 Å². The number of nitrogens with two attached hydrogens (primary N) is 2. The summed E-state index contributed by atoms with van der Waals surface area (Å²) in [7, 11) is 0. The Morgan fingerprint density at radius 3 is 0.909 bits per heavy atom. The summed E-state index contributed by atoms with van der Waals surface area (Å²) in [6, 6.07) is 66.8. The van der Waals surface area contributed by atoms with Gasteiger partial charge in [0.2, 0.25) is 0 Å². The van der Waals surface area contributed by atoms with Crippen LogP contribution in [-0.2, 0) is 38.1 Å². The zero-order valence-corrected chi connectivity index (χ0v) is 74.9. The van der Waals surface area contributed by atoms with Crippen LogP contribution in [-0.4, -0.2) is 123 Å². The molecule has 0 aliphatic carbocycles. The minimum absolute atomic E-state index is 0.246. The number of anilines is 2. The van der Waals surface area contributed by atoms with E-state index in [9.17, 15) is 38.4 Å². The molecule has 2 aromatic heterocycles. The predicted octanol–water partition coefficient (Wildman–Crippen LogP) is 22.0. The molecule has 0 saturated carbocycles. The van der Waals surface area contributed by atoms with Gasteiger partial charge in [0.15, 0.2) is 10.3 Å². The number of nitrogens with one attached hydrogen (secondary N) is 2. The lowest BCUT2D eigenvalue weighted by Crippen LogP contribution is -2.10. The van der Waals surface area contributed by atoms with Gasteiger partial charge in [-0.05, 0) is 295 Å². The van der Waals surface area contributed by atoms with Crippen molar-refractivity contribution in [3.05, 3.63) is 315 Å². The number of para-hydroxylation sites is 2. The molecule has 6 N–H and O–H groups in total. The van der Waals surface area contributed by atoms with Gasteiger partial charge in [0.25, 0.3) is 0 Å². The van der Waals surface area contributed by atoms with E-state index >= 15 is 0 Å². The Morgan fingerprint density at radius 2 is 0.583 bits per heavy atom. The van der Waals surface area contributed by atoms with Gasteiger partial charge >= 0.3 is 47.8 Å². The van der Waals surface area contributed by atoms with Gasteiger partial charge in [0, 0.05) is 47.9 Å². The smallest absolute Gasteiger partial charge is 0.343 e. The molecule has 0 spiro atoms. The second-order valence-electron chi connectivity index (χ2n) is 29.1. The van der Waals surface area contributed by atoms with Crippen LogP contribution in [0, 0.1) is 10.8 Å². The quantitative estimate of drug-likeness (QED) is 0.00687. The summed E-state index contributed by atoms with van der Waals surface area (Å²) in [5, 5.41) is 17.2. The van der Waals surface area contributed by atoms with E-state index in [1.165, 1.54) is 28.9 Å². The van der Waals surface area contributed by atoms with Crippen molar-refractivity contribution in [2.24, 2.45) is 0 Å². The third-order valence-electron chi connectivity index (χ3n) is 19.4. The Bertz CT molecular complexity index is 5640. The third-order valence-corrected chi connectivity index (χ3v) is 21.1. The van der Waals surface area contributed by atoms with Gasteiger partial charge in [-0.15, -0.1) is 0 Å². The number of benzene rings is 10. The Labute approximate surface area is 774 Å². The third kappa shape index (κ3) is 35.5. The number of rotatable bonds is 48. The Morgan fingerprint density at radius 1 is 0.295 bits per heavy atom. The number of hydrogen-bond acceptors (Lipinski definition) is 28. The highest BCUT2D eigenvalue weighted by Gasteiger charge is 2.18. The van der Waals surface area contributed by atoms with E-state index in [-0.39, 0.29) is 5.75 Å². The minimum atomic E-state index is -0.563. The molecule has 0 radical (unpaired) electrons. The minimum Gasteiger partial charge on any atom is -0.494 e. The van der Waals surface area contributed by atoms with E-state index in [0.29, 0.717) is 137 Å². The topological polar surface area (TPSA) is 373 Å². The average Bonchev–Trinajstić information content (AvgIpc) is 0.922. The number of thiazole rings is 2. The van der Waals surface area contributed by atoms with Gasteiger partial charge in [-0.2, -0.15) is 0 Å². The first-order chi connectivity index (χ1) is 64.3. The van der Waals surface area contributed by atoms with Crippen molar-refractivity contribution in [1.82, 2.24) is 9.97 Å². The van der Waals surface area contributed by atoms with E-state index in [4.69, 9.17) is 79.1 Å². The highest BCUT2D eigenvalue weighted by molar-refractivity contribution is 7.22. The van der Waals surface area contributed by atoms with Gasteiger partial charge in [-0.25, -0.2) is 48.3 Å². The first-order valence-electron chi connectivity index (χ1n) is 43.0. The van der Waals surface area contributed by atoms with Crippen molar-refractivity contribution in [2.75, 3.05) is 64.3 Å². The standard InChI is InChI=1S/2C45H47NO10.2C7H6N2S/c1-3-42(47)53-29-11-7-5-9-27-51-38-20-15-34(16-21-38)44(49)55-40-24-13-33(14-25-40)36-19-26-41(37(31-36)32-46)56-45(50)35-17-22-39(23-18-35)52-28-10-6-8-12-30-54-43(48)4-2;1-3-42(47)53-29-11-7-5-9-27-51-37-19-15-34(16-20-37)44(49)55-39-23-13-33(14-24-39)41-26-25-40(31-36(41)32-46)56-45(50)35-17-21-38(22-18-35)52-28-10-6-8-12-30-54-43(48)4-2;2*8-7-9-5-3-1-2-4-6(5)10-7/h2*3-4,13-26,31-32,46H,1-2,5-12,27-30H2;2*1-4H,(H2,8,9). The van der Waals surface area contributed by atoms with Gasteiger partial charge in [-0.3, -0.25) is 0 Å². The number of nitrogens with zero attached hydrogens (tertiary/aromatic N) is 2. The van der Waals surface area contributed by atoms with Crippen LogP contribution in [0.4, 0.5) is 10.3 Å². The number of aromatic nitrogens is 2. The number of ether oxygens (including phenoxy) is 12. The number of unbranched alkanes of at least 4 members (excludes halogenated alkanes) is 12. The van der Waals surface area contributed by atoms with E-state index in [0.717, 1.165) is 176 Å². The normalized spacial score (nSPS) is 10.4. The molecule has 0 amide bonds. The van der Waals surface area contributed by atoms with Gasteiger partial charge in [0.1, 0.15) is 46.0 Å². The Kier molecular flexibility index (Phi) is 42.8. The Balaban J connectivity index is 0.000000243. The zero-order chi connectivity index (χ0) is 93.9. The number of hydrogen-bond donors (Lipinski definition) is 4. The van der Waals surface area contributed by atoms with E-state index in [2.05, 4.69) is 36.3 Å². The molecule has 0 atom stereocenters. The molecule has 684 valence electrons. The fourth-order valence-electron chi connectivity index (χ4n) is 12.4. The summed E-state index contributed by atoms with van der Waals surface area (Å²) in [5.74, 6) is 0.0807. The van der Waals surface area contributed by atoms with Crippen LogP contribution >= 0.6 is 22.7 Å². The van der Waals surface area contributed by atoms with E-state index in [1.54, 1.807) is 182 Å². The number of nitrogen functional groups attached to an aromatic ring is 2. The number of carbonyl (C=O) groups excluding carboxylic acids is 8. The van der Waals surface area contributed by atoms with Crippen molar-refractivity contribution in [3.8, 4) is 68.2 Å². The first kappa shape index (κ1) is 101. The maximum absolute atomic E-state index is 12.9. The molecule has 10 aromatic carbocycles. The van der Waals surface area contributed by atoms with Crippen molar-refractivity contribution in [2.45, 2.75) is 103 Å². The SMILES string of the molecule is C=CC(=O)OCCCCCCOc1ccc(C(=O)Oc2ccc(-c3ccc(OC(=O)c4ccc(OCCCCCCOC(=O)C=C)cc4)c(C=N)c3)cc2)cc1.C=CC(=O)OCCCCCCOc1ccc(C(=O)Oc2ccc(-c3ccc(OC(=O)c4ccc(OCCCCCCOC(=O)C=C)cc4)cc3C=N)cc2)cc1.Nc1nc2ccccc2s1.Nc1nc2ccccc2s1. The van der Waals surface area contributed by atoms with Gasteiger partial charge in [0.05, 0.1) is 95.5 Å². The van der Waals surface area contributed by atoms with Crippen LogP contribution < -0.4 is 49.4 Å². The number of carbonyl (C=O) groups is 8. The summed E-state index contributed by atoms with van der Waals surface area (Å²) in [6.07, 6.45) is 20.9. The molecule has 0 aliphatic rings. The summed E-state index contributed by atoms with van der Waals surface area (Å²) in [4.78, 5) is 104. The van der Waals surface area contributed by atoms with Crippen molar-refractivity contribution < 1.29 is 95.2 Å². The van der Waals surface area contributed by atoms with Crippen molar-refractivity contribution >= 4 is 114 Å². The molecular weight excluding hydrogens is 1720 g/mol. The molecule has 12 aromatic rings. The monoisotopic (exact) mass is 1820 g/mol. The molecule has 0 aliphatic heterocycles. The molecule has 132 heavy (non-hydrogen) atoms. The Hall–Kier alpha value is -15.2. The van der Waals surface area contributed by atoms with Crippen LogP contribution in [0.1, 0.15) is 155 Å². The van der Waals surface area contributed by atoms with Crippen LogP contribution in [0.15, 0.2) is 281 Å². The summed E-state index contributed by atoms with van der Waals surface area (Å²) in [5.41, 5.74) is 18.5. The fraction of sp³-hybridized carbons (Fsp3) is 0.231. The summed E-state index contributed by atoms with van der Waals surface area (Å²) in [6.45, 7) is 17.1. The maximum Gasteiger partial charge on any atom is 0.343 e. The lowest BCUT2D eigenvalue weighted by molar-refractivity contribution is -0.138. The average molecular weight is 1820 g/mol. The zero-order valence-electron chi connectivity index (χ0n) is 73.2. The van der Waals surface area contributed by atoms with Crippen molar-refractivity contribution in [1.29, 1.82) is 10.8 Å². The second kappa shape index (κ2) is 56.2. The predicted molar refractivity (Wildman–Crippen MR) is 514 cm³/mol. The molecule has 0 fully saturated rings. The number of fused-ring (bicyclic) bond motifs is 2. The van der Waals surface area contributed by atoms with Crippen LogP contribution in [0.5, 0.6) is 46.0 Å². The molecule has 26 nitrogen and oxygen atoms in total. The van der Waals surface area contributed by atoms with E-state index < -0.39 is 47.8 Å². The van der Waals surface area contributed by atoms with Gasteiger partial charge in [-0.1, -0.05) is 110 Å². The molecule has 28 heteroatoms. The summed E-state index contributed by atoms with van der Waals surface area (Å²) >= 11 is 3.04. The highest BCUT2D eigenvalue weighted by atomic mass is 32.1. The van der Waals surface area contributed by atoms with E-state index in [1.807, 2.05) is 48.5 Å². The van der Waals surface area contributed by atoms with Crippen LogP contribution in [0.3, 0.4) is 0 Å². The largest absolute Gasteiger partial charge is 0.494 e. The van der Waals surface area contributed by atoms with Crippen molar-refractivity contribution in [3.63, 3.8) is 0 Å². The molecule has 0 bridgehead atoms. The highest BCUT2D eigenvalue weighted by Crippen LogP contribution is 2.33. The fourth-order valence-corrected chi connectivity index (χ4v) is 13.9. The molecule has 2 heterocycles. The second-order valence-corrected chi connectivity index (χ2v) is 31.2. The number of esters is 8. The lowest BCUT2D eigenvalue weighted by atomic mass is 10.00. The first-order valence-corrected chi connectivity index (χ1v) is 44.6. The van der Waals surface area contributed by atoms with Gasteiger partial charge < -0.3 is 79.1 Å². The molecule has 12 rings (SSSR count). The molecule has 0 saturated heterocycles. The maximum atomic E-state index is 12.9. The summed E-state index contributed by atoms with van der Waals surface area (Å²) < 4.78 is 67.6.